The van der Waals surface area contributed by atoms with Gasteiger partial charge in [0.15, 0.2) is 5.78 Å². The van der Waals surface area contributed by atoms with Crippen LogP contribution in [0, 0.1) is 0 Å². The monoisotopic (exact) mass is 364 g/mol. The molecule has 1 aliphatic carbocycles. The van der Waals surface area contributed by atoms with E-state index in [-0.39, 0.29) is 5.78 Å². The molecular weight excluding hydrogens is 340 g/mol. The highest BCUT2D eigenvalue weighted by molar-refractivity contribution is 6.11. The second-order valence-corrected chi connectivity index (χ2v) is 6.52. The highest BCUT2D eigenvalue weighted by atomic mass is 16.1. The number of rotatable bonds is 6. The summed E-state index contributed by atoms with van der Waals surface area (Å²) in [5, 5.41) is 0. The van der Waals surface area contributed by atoms with Gasteiger partial charge in [-0.15, -0.1) is 0 Å². The van der Waals surface area contributed by atoms with E-state index in [9.17, 15) is 4.79 Å². The van der Waals surface area contributed by atoms with Crippen LogP contribution >= 0.6 is 0 Å². The Bertz CT molecular complexity index is 872. The predicted molar refractivity (Wildman–Crippen MR) is 120 cm³/mol. The second kappa shape index (κ2) is 10.6. The molecule has 2 aromatic rings. The Morgan fingerprint density at radius 3 is 1.39 bits per heavy atom. The third kappa shape index (κ3) is 6.07. The molecule has 1 nitrogen and oxygen atoms in total. The van der Waals surface area contributed by atoms with Crippen LogP contribution in [0.2, 0.25) is 0 Å². The molecule has 0 radical (unpaired) electrons. The molecule has 0 bridgehead atoms. The van der Waals surface area contributed by atoms with Crippen molar-refractivity contribution in [3.05, 3.63) is 132 Å². The van der Waals surface area contributed by atoms with Gasteiger partial charge < -0.3 is 0 Å². The molecule has 1 fully saturated rings. The van der Waals surface area contributed by atoms with Gasteiger partial charge in [-0.2, -0.15) is 0 Å². The van der Waals surface area contributed by atoms with Crippen LogP contribution in [-0.2, 0) is 4.79 Å². The van der Waals surface area contributed by atoms with Crippen LogP contribution in [0.25, 0.3) is 12.2 Å². The first-order valence-corrected chi connectivity index (χ1v) is 9.55. The van der Waals surface area contributed by atoms with Gasteiger partial charge in [0.1, 0.15) is 0 Å². The molecule has 0 amide bonds. The van der Waals surface area contributed by atoms with Crippen molar-refractivity contribution in [3.63, 3.8) is 0 Å². The standard InChI is InChI=1S/C27H24O/c28-27-25(19-11-3-9-17-23-13-5-1-6-14-23)21-22-26(27)20-12-4-10-18-24-15-7-2-8-16-24/h1-20H,21-22H2/b11-3+,12-4+,17-9+,18-10+,25-19-,26-20+. The quantitative estimate of drug-likeness (QED) is 0.410. The van der Waals surface area contributed by atoms with E-state index in [1.807, 2.05) is 97.2 Å². The topological polar surface area (TPSA) is 17.1 Å². The van der Waals surface area contributed by atoms with Crippen molar-refractivity contribution in [2.24, 2.45) is 0 Å². The molecule has 0 aliphatic heterocycles. The van der Waals surface area contributed by atoms with Gasteiger partial charge in [0.2, 0.25) is 0 Å². The van der Waals surface area contributed by atoms with Crippen molar-refractivity contribution in [2.75, 3.05) is 0 Å². The maximum absolute atomic E-state index is 12.4. The van der Waals surface area contributed by atoms with Crippen LogP contribution in [0.5, 0.6) is 0 Å². The summed E-state index contributed by atoms with van der Waals surface area (Å²) in [5.41, 5.74) is 4.08. The molecule has 0 aromatic heterocycles. The Morgan fingerprint density at radius 1 is 0.536 bits per heavy atom. The number of hydrogen-bond acceptors (Lipinski definition) is 1. The fourth-order valence-corrected chi connectivity index (χ4v) is 2.95. The summed E-state index contributed by atoms with van der Waals surface area (Å²) in [6.07, 6.45) is 21.4. The summed E-state index contributed by atoms with van der Waals surface area (Å²) in [4.78, 5) is 12.4. The summed E-state index contributed by atoms with van der Waals surface area (Å²) in [6, 6.07) is 20.3. The lowest BCUT2D eigenvalue weighted by atomic mass is 10.1. The summed E-state index contributed by atoms with van der Waals surface area (Å²) >= 11 is 0. The summed E-state index contributed by atoms with van der Waals surface area (Å²) in [6.45, 7) is 0. The van der Waals surface area contributed by atoms with Crippen LogP contribution in [0.1, 0.15) is 24.0 Å². The molecule has 0 atom stereocenters. The van der Waals surface area contributed by atoms with Crippen LogP contribution in [0.3, 0.4) is 0 Å². The average molecular weight is 364 g/mol. The SMILES string of the molecule is O=C1\C(=C/C=C/C=C/c2ccccc2)CC\C1=C/C=C/C=C/c1ccccc1. The summed E-state index contributed by atoms with van der Waals surface area (Å²) in [5.74, 6) is 0.161. The van der Waals surface area contributed by atoms with Crippen molar-refractivity contribution < 1.29 is 4.79 Å². The van der Waals surface area contributed by atoms with E-state index >= 15 is 0 Å². The first kappa shape index (κ1) is 19.3. The van der Waals surface area contributed by atoms with Gasteiger partial charge in [0, 0.05) is 11.1 Å². The lowest BCUT2D eigenvalue weighted by molar-refractivity contribution is -0.111. The van der Waals surface area contributed by atoms with Crippen LogP contribution in [-0.4, -0.2) is 5.78 Å². The van der Waals surface area contributed by atoms with Crippen LogP contribution in [0.4, 0.5) is 0 Å². The minimum atomic E-state index is 0.161. The molecule has 0 unspecified atom stereocenters. The van der Waals surface area contributed by atoms with Gasteiger partial charge >= 0.3 is 0 Å². The molecule has 28 heavy (non-hydrogen) atoms. The van der Waals surface area contributed by atoms with E-state index in [4.69, 9.17) is 0 Å². The number of carbonyl (C=O) groups is 1. The largest absolute Gasteiger partial charge is 0.289 e. The molecule has 1 saturated carbocycles. The second-order valence-electron chi connectivity index (χ2n) is 6.52. The fourth-order valence-electron chi connectivity index (χ4n) is 2.95. The molecule has 1 aliphatic rings. The molecule has 1 heteroatoms. The maximum Gasteiger partial charge on any atom is 0.185 e. The molecule has 0 N–H and O–H groups in total. The van der Waals surface area contributed by atoms with Gasteiger partial charge in [-0.1, -0.05) is 121 Å². The molecule has 0 heterocycles. The van der Waals surface area contributed by atoms with Crippen LogP contribution < -0.4 is 0 Å². The minimum Gasteiger partial charge on any atom is -0.289 e. The van der Waals surface area contributed by atoms with Crippen LogP contribution in [0.15, 0.2) is 120 Å². The Hall–Kier alpha value is -3.45. The molecule has 2 aromatic carbocycles. The normalized spacial score (nSPS) is 18.1. The molecule has 0 saturated heterocycles. The van der Waals surface area contributed by atoms with Crippen molar-refractivity contribution in [2.45, 2.75) is 12.8 Å². The number of Topliss-reactive ketones (excluding diaryl/α,β-unsaturated/α-hetero) is 1. The van der Waals surface area contributed by atoms with E-state index in [2.05, 4.69) is 24.3 Å². The van der Waals surface area contributed by atoms with E-state index in [0.29, 0.717) is 0 Å². The average Bonchev–Trinajstić information content (AvgIpc) is 3.09. The number of allylic oxidation sites excluding steroid dienone is 10. The fraction of sp³-hybridized carbons (Fsp3) is 0.0741. The molecule has 138 valence electrons. The maximum atomic E-state index is 12.4. The molecule has 0 spiro atoms. The van der Waals surface area contributed by atoms with Crippen molar-refractivity contribution in [1.29, 1.82) is 0 Å². The number of ketones is 1. The van der Waals surface area contributed by atoms with Gasteiger partial charge in [-0.05, 0) is 24.0 Å². The van der Waals surface area contributed by atoms with Crippen molar-refractivity contribution in [3.8, 4) is 0 Å². The smallest absolute Gasteiger partial charge is 0.185 e. The summed E-state index contributed by atoms with van der Waals surface area (Å²) < 4.78 is 0. The Kier molecular flexibility index (Phi) is 7.34. The highest BCUT2D eigenvalue weighted by Gasteiger charge is 2.21. The highest BCUT2D eigenvalue weighted by Crippen LogP contribution is 2.26. The van der Waals surface area contributed by atoms with Gasteiger partial charge in [-0.3, -0.25) is 4.79 Å². The first-order chi connectivity index (χ1) is 13.8. The molecular formula is C27H24O. The van der Waals surface area contributed by atoms with E-state index in [1.54, 1.807) is 0 Å². The van der Waals surface area contributed by atoms with Gasteiger partial charge in [0.05, 0.1) is 0 Å². The molecule has 3 rings (SSSR count). The Balaban J connectivity index is 1.52. The van der Waals surface area contributed by atoms with Crippen molar-refractivity contribution >= 4 is 17.9 Å². The predicted octanol–water partition coefficient (Wildman–Crippen LogP) is 6.74. The number of benzene rings is 2. The lowest BCUT2D eigenvalue weighted by Gasteiger charge is -1.91. The summed E-state index contributed by atoms with van der Waals surface area (Å²) in [7, 11) is 0. The van der Waals surface area contributed by atoms with Gasteiger partial charge in [0.25, 0.3) is 0 Å². The Morgan fingerprint density at radius 2 is 0.964 bits per heavy atom. The van der Waals surface area contributed by atoms with E-state index < -0.39 is 0 Å². The van der Waals surface area contributed by atoms with Crippen molar-refractivity contribution in [1.82, 2.24) is 0 Å². The minimum absolute atomic E-state index is 0.161. The Labute approximate surface area is 167 Å². The third-order valence-electron chi connectivity index (χ3n) is 4.46. The van der Waals surface area contributed by atoms with E-state index in [1.165, 1.54) is 0 Å². The first-order valence-electron chi connectivity index (χ1n) is 9.55. The van der Waals surface area contributed by atoms with Gasteiger partial charge in [-0.25, -0.2) is 0 Å². The van der Waals surface area contributed by atoms with E-state index in [0.717, 1.165) is 35.1 Å². The zero-order valence-corrected chi connectivity index (χ0v) is 15.9. The zero-order chi connectivity index (χ0) is 19.4. The number of hydrogen-bond donors (Lipinski definition) is 0. The third-order valence-corrected chi connectivity index (χ3v) is 4.46. The zero-order valence-electron chi connectivity index (χ0n) is 15.9. The lowest BCUT2D eigenvalue weighted by Crippen LogP contribution is -1.94. The number of carbonyl (C=O) groups excluding carboxylic acids is 1.